The van der Waals surface area contributed by atoms with Crippen molar-refractivity contribution < 1.29 is 9.47 Å². The number of hydrogen-bond acceptors (Lipinski definition) is 3. The Bertz CT molecular complexity index is 267. The minimum Gasteiger partial charge on any atom is -0.379 e. The van der Waals surface area contributed by atoms with Crippen molar-refractivity contribution in [3.05, 3.63) is 37.0 Å². The van der Waals surface area contributed by atoms with E-state index in [2.05, 4.69) is 18.1 Å². The second-order valence-corrected chi connectivity index (χ2v) is 4.07. The molecule has 0 aliphatic carbocycles. The minimum absolute atomic E-state index is 0.105. The number of rotatable bonds is 7. The van der Waals surface area contributed by atoms with Crippen LogP contribution in [0.2, 0.25) is 0 Å². The maximum absolute atomic E-state index is 5.50. The Labute approximate surface area is 104 Å². The number of nitrogens with zero attached hydrogens (tertiary/aromatic N) is 1. The Hall–Kier alpha value is -0.900. The second-order valence-electron chi connectivity index (χ2n) is 4.07. The molecule has 0 spiro atoms. The Kier molecular flexibility index (Phi) is 6.86. The van der Waals surface area contributed by atoms with E-state index in [1.165, 1.54) is 0 Å². The summed E-state index contributed by atoms with van der Waals surface area (Å²) in [6.07, 6.45) is 6.66. The van der Waals surface area contributed by atoms with Gasteiger partial charge in [-0.1, -0.05) is 31.4 Å². The van der Waals surface area contributed by atoms with Crippen LogP contribution in [0.5, 0.6) is 0 Å². The van der Waals surface area contributed by atoms with Crippen molar-refractivity contribution in [3.63, 3.8) is 0 Å². The van der Waals surface area contributed by atoms with E-state index in [1.54, 1.807) is 13.2 Å². The van der Waals surface area contributed by atoms with Gasteiger partial charge in [-0.05, 0) is 12.0 Å². The number of ether oxygens (including phenoxy) is 2. The summed E-state index contributed by atoms with van der Waals surface area (Å²) >= 11 is 0. The molecular weight excluding hydrogens is 214 g/mol. The molecule has 1 aliphatic heterocycles. The standard InChI is InChI=1S/C14H23NO2/c1-4-6-13(5-2)14(16-3)7-8-15-9-11-17-12-10-15/h4-6,14H,1-2,7-12H2,3H3/b13-6+. The van der Waals surface area contributed by atoms with Crippen LogP contribution < -0.4 is 0 Å². The first-order valence-electron chi connectivity index (χ1n) is 6.09. The van der Waals surface area contributed by atoms with E-state index in [1.807, 2.05) is 12.2 Å². The van der Waals surface area contributed by atoms with Crippen LogP contribution in [-0.2, 0) is 9.47 Å². The van der Waals surface area contributed by atoms with Crippen molar-refractivity contribution in [3.8, 4) is 0 Å². The molecule has 1 atom stereocenters. The van der Waals surface area contributed by atoms with E-state index >= 15 is 0 Å². The van der Waals surface area contributed by atoms with Gasteiger partial charge < -0.3 is 9.47 Å². The molecular formula is C14H23NO2. The van der Waals surface area contributed by atoms with Crippen molar-refractivity contribution >= 4 is 0 Å². The Balaban J connectivity index is 2.42. The van der Waals surface area contributed by atoms with Gasteiger partial charge in [0.2, 0.25) is 0 Å². The smallest absolute Gasteiger partial charge is 0.0833 e. The summed E-state index contributed by atoms with van der Waals surface area (Å²) in [6, 6.07) is 0. The molecule has 0 N–H and O–H groups in total. The van der Waals surface area contributed by atoms with Gasteiger partial charge in [0.25, 0.3) is 0 Å². The molecule has 1 unspecified atom stereocenters. The molecule has 0 amide bonds. The summed E-state index contributed by atoms with van der Waals surface area (Å²) in [6.45, 7) is 12.3. The Morgan fingerprint density at radius 1 is 1.41 bits per heavy atom. The van der Waals surface area contributed by atoms with Gasteiger partial charge in [-0.15, -0.1) is 0 Å². The number of allylic oxidation sites excluding steroid dienone is 2. The van der Waals surface area contributed by atoms with Crippen LogP contribution in [0.25, 0.3) is 0 Å². The Morgan fingerprint density at radius 2 is 2.12 bits per heavy atom. The second kappa shape index (κ2) is 8.23. The highest BCUT2D eigenvalue weighted by Crippen LogP contribution is 2.13. The topological polar surface area (TPSA) is 21.7 Å². The Morgan fingerprint density at radius 3 is 2.65 bits per heavy atom. The van der Waals surface area contributed by atoms with Gasteiger partial charge in [0.1, 0.15) is 0 Å². The average molecular weight is 237 g/mol. The van der Waals surface area contributed by atoms with Gasteiger partial charge in [-0.2, -0.15) is 0 Å². The highest BCUT2D eigenvalue weighted by molar-refractivity contribution is 5.25. The summed E-state index contributed by atoms with van der Waals surface area (Å²) in [7, 11) is 1.74. The summed E-state index contributed by atoms with van der Waals surface area (Å²) in [5.41, 5.74) is 1.09. The molecule has 0 radical (unpaired) electrons. The normalized spacial score (nSPS) is 19.9. The molecule has 0 aromatic carbocycles. The van der Waals surface area contributed by atoms with Gasteiger partial charge in [0.05, 0.1) is 19.3 Å². The van der Waals surface area contributed by atoms with Gasteiger partial charge in [0, 0.05) is 26.7 Å². The van der Waals surface area contributed by atoms with Crippen molar-refractivity contribution in [2.45, 2.75) is 12.5 Å². The van der Waals surface area contributed by atoms with E-state index in [4.69, 9.17) is 9.47 Å². The first kappa shape index (κ1) is 14.2. The molecule has 1 rings (SSSR count). The van der Waals surface area contributed by atoms with Crippen LogP contribution in [-0.4, -0.2) is 51.0 Å². The first-order valence-corrected chi connectivity index (χ1v) is 6.09. The van der Waals surface area contributed by atoms with E-state index < -0.39 is 0 Å². The minimum atomic E-state index is 0.105. The fourth-order valence-corrected chi connectivity index (χ4v) is 1.99. The summed E-state index contributed by atoms with van der Waals surface area (Å²) < 4.78 is 10.8. The lowest BCUT2D eigenvalue weighted by Gasteiger charge is -2.28. The maximum atomic E-state index is 5.50. The quantitative estimate of drug-likeness (QED) is 0.632. The number of methoxy groups -OCH3 is 1. The number of hydrogen-bond donors (Lipinski definition) is 0. The lowest BCUT2D eigenvalue weighted by Crippen LogP contribution is -2.38. The molecule has 3 heteroatoms. The molecule has 96 valence electrons. The largest absolute Gasteiger partial charge is 0.379 e. The SMILES string of the molecule is C=C/C=C(\C=C)C(CCN1CCOCC1)OC. The molecule has 0 bridgehead atoms. The molecule has 0 aromatic heterocycles. The van der Waals surface area contributed by atoms with Crippen molar-refractivity contribution in [2.24, 2.45) is 0 Å². The molecule has 3 nitrogen and oxygen atoms in total. The zero-order valence-electron chi connectivity index (χ0n) is 10.7. The monoisotopic (exact) mass is 237 g/mol. The van der Waals surface area contributed by atoms with Crippen LogP contribution in [0.3, 0.4) is 0 Å². The summed E-state index contributed by atoms with van der Waals surface area (Å²) in [4.78, 5) is 2.41. The average Bonchev–Trinajstić information content (AvgIpc) is 2.39. The fourth-order valence-electron chi connectivity index (χ4n) is 1.99. The predicted molar refractivity (Wildman–Crippen MR) is 71.2 cm³/mol. The lowest BCUT2D eigenvalue weighted by molar-refractivity contribution is 0.0290. The summed E-state index contributed by atoms with van der Waals surface area (Å²) in [5, 5.41) is 0. The van der Waals surface area contributed by atoms with Crippen LogP contribution in [0, 0.1) is 0 Å². The van der Waals surface area contributed by atoms with Crippen molar-refractivity contribution in [1.82, 2.24) is 4.90 Å². The van der Waals surface area contributed by atoms with Crippen LogP contribution in [0.15, 0.2) is 37.0 Å². The number of morpholine rings is 1. The maximum Gasteiger partial charge on any atom is 0.0833 e. The van der Waals surface area contributed by atoms with Crippen molar-refractivity contribution in [1.29, 1.82) is 0 Å². The zero-order chi connectivity index (χ0) is 12.5. The van der Waals surface area contributed by atoms with E-state index in [0.29, 0.717) is 0 Å². The van der Waals surface area contributed by atoms with E-state index in [9.17, 15) is 0 Å². The molecule has 1 fully saturated rings. The van der Waals surface area contributed by atoms with Gasteiger partial charge in [0.15, 0.2) is 0 Å². The first-order chi connectivity index (χ1) is 8.31. The van der Waals surface area contributed by atoms with Crippen LogP contribution in [0.1, 0.15) is 6.42 Å². The van der Waals surface area contributed by atoms with Gasteiger partial charge in [-0.3, -0.25) is 4.90 Å². The third kappa shape index (κ3) is 4.86. The molecule has 0 saturated carbocycles. The highest BCUT2D eigenvalue weighted by atomic mass is 16.5. The van der Waals surface area contributed by atoms with Gasteiger partial charge in [-0.25, -0.2) is 0 Å². The van der Waals surface area contributed by atoms with Crippen molar-refractivity contribution in [2.75, 3.05) is 40.0 Å². The van der Waals surface area contributed by atoms with Gasteiger partial charge >= 0.3 is 0 Å². The third-order valence-electron chi connectivity index (χ3n) is 3.01. The molecule has 1 heterocycles. The van der Waals surface area contributed by atoms with E-state index in [0.717, 1.165) is 44.8 Å². The molecule has 17 heavy (non-hydrogen) atoms. The molecule has 0 aromatic rings. The lowest BCUT2D eigenvalue weighted by atomic mass is 10.1. The summed E-state index contributed by atoms with van der Waals surface area (Å²) in [5.74, 6) is 0. The third-order valence-corrected chi connectivity index (χ3v) is 3.01. The highest BCUT2D eigenvalue weighted by Gasteiger charge is 2.15. The fraction of sp³-hybridized carbons (Fsp3) is 0.571. The zero-order valence-corrected chi connectivity index (χ0v) is 10.7. The van der Waals surface area contributed by atoms with Crippen LogP contribution >= 0.6 is 0 Å². The van der Waals surface area contributed by atoms with E-state index in [-0.39, 0.29) is 6.10 Å². The predicted octanol–water partition coefficient (Wildman–Crippen LogP) is 2.02. The molecule has 1 saturated heterocycles. The van der Waals surface area contributed by atoms with Crippen LogP contribution in [0.4, 0.5) is 0 Å². The molecule has 1 aliphatic rings.